The van der Waals surface area contributed by atoms with Crippen LogP contribution in [0.3, 0.4) is 0 Å². The van der Waals surface area contributed by atoms with Crippen molar-refractivity contribution in [3.8, 4) is 0 Å². The molecule has 0 aromatic carbocycles. The van der Waals surface area contributed by atoms with Gasteiger partial charge in [0.1, 0.15) is 0 Å². The predicted octanol–water partition coefficient (Wildman–Crippen LogP) is 6.78. The lowest BCUT2D eigenvalue weighted by atomic mass is 9.55. The Hall–Kier alpha value is 0.560. The van der Waals surface area contributed by atoms with Gasteiger partial charge in [-0.15, -0.1) is 0 Å². The van der Waals surface area contributed by atoms with Gasteiger partial charge in [0.25, 0.3) is 0 Å². The summed E-state index contributed by atoms with van der Waals surface area (Å²) in [6.45, 7) is 0. The van der Waals surface area contributed by atoms with Crippen LogP contribution in [0.4, 0.5) is 0 Å². The Morgan fingerprint density at radius 2 is 0.929 bits per heavy atom. The van der Waals surface area contributed by atoms with Gasteiger partial charge in [0.2, 0.25) is 0 Å². The van der Waals surface area contributed by atoms with Crippen LogP contribution in [0, 0.1) is 35.5 Å². The largest absolute Gasteiger partial charge is 0.366 e. The van der Waals surface area contributed by atoms with E-state index in [9.17, 15) is 0 Å². The quantitative estimate of drug-likeness (QED) is 0.254. The van der Waals surface area contributed by atoms with Gasteiger partial charge in [-0.05, 0) is 126 Å². The van der Waals surface area contributed by atoms with E-state index in [4.69, 9.17) is 15.4 Å². The molecule has 0 amide bonds. The van der Waals surface area contributed by atoms with Gasteiger partial charge >= 0.3 is 7.57 Å². The summed E-state index contributed by atoms with van der Waals surface area (Å²) in [6, 6.07) is 0. The van der Waals surface area contributed by atoms with Gasteiger partial charge in [-0.1, -0.05) is 19.2 Å². The second-order valence-electron chi connectivity index (χ2n) is 12.7. The van der Waals surface area contributed by atoms with Gasteiger partial charge in [-0.2, -0.15) is 0 Å². The summed E-state index contributed by atoms with van der Waals surface area (Å²) in [5, 5.41) is 1.21. The van der Waals surface area contributed by atoms with Crippen LogP contribution in [0.1, 0.15) is 96.3 Å². The highest BCUT2D eigenvalue weighted by Gasteiger charge is 2.72. The zero-order valence-electron chi connectivity index (χ0n) is 18.1. The van der Waals surface area contributed by atoms with E-state index in [0.29, 0.717) is 10.3 Å². The molecular weight excluding hydrogens is 353 g/mol. The summed E-state index contributed by atoms with van der Waals surface area (Å²) >= 11 is 0. The standard InChI is InChI=1S/C25H40B2P/c26-4-2-1-3-5-28(27,24-12-18-6-19(13-24)8-20(7-18)14-24)25-15-21-9-22(16-25)11-23(10-21)17-25/h18-23H,1-17H2/q+1. The first-order valence-corrected chi connectivity index (χ1v) is 14.9. The summed E-state index contributed by atoms with van der Waals surface area (Å²) in [5.74, 6) is 6.29. The van der Waals surface area contributed by atoms with Crippen LogP contribution in [0.5, 0.6) is 0 Å². The van der Waals surface area contributed by atoms with E-state index in [-0.39, 0.29) is 0 Å². The topological polar surface area (TPSA) is 0 Å². The van der Waals surface area contributed by atoms with Crippen molar-refractivity contribution in [2.75, 3.05) is 6.16 Å². The molecule has 4 radical (unpaired) electrons. The fraction of sp³-hybridized carbons (Fsp3) is 1.00. The predicted molar refractivity (Wildman–Crippen MR) is 124 cm³/mol. The van der Waals surface area contributed by atoms with Crippen molar-refractivity contribution in [2.24, 2.45) is 35.5 Å². The van der Waals surface area contributed by atoms with Crippen molar-refractivity contribution in [1.82, 2.24) is 0 Å². The maximum absolute atomic E-state index is 8.06. The second-order valence-corrected chi connectivity index (χ2v) is 16.8. The molecule has 28 heavy (non-hydrogen) atoms. The monoisotopic (exact) mass is 393 g/mol. The van der Waals surface area contributed by atoms with Crippen LogP contribution in [0.25, 0.3) is 0 Å². The molecule has 0 atom stereocenters. The Bertz CT molecular complexity index is 499. The minimum Gasteiger partial charge on any atom is -0.0887 e. The van der Waals surface area contributed by atoms with E-state index in [1.54, 1.807) is 77.0 Å². The molecule has 8 rings (SSSR count). The minimum atomic E-state index is -1.45. The molecule has 8 aliphatic carbocycles. The third kappa shape index (κ3) is 2.74. The Morgan fingerprint density at radius 1 is 0.571 bits per heavy atom. The van der Waals surface area contributed by atoms with E-state index in [0.717, 1.165) is 41.8 Å². The van der Waals surface area contributed by atoms with E-state index in [2.05, 4.69) is 0 Å². The molecule has 8 fully saturated rings. The first-order valence-electron chi connectivity index (χ1n) is 12.9. The average Bonchev–Trinajstić information content (AvgIpc) is 2.62. The first kappa shape index (κ1) is 19.3. The van der Waals surface area contributed by atoms with Gasteiger partial charge in [0.05, 0.1) is 18.2 Å². The Labute approximate surface area is 177 Å². The van der Waals surface area contributed by atoms with Crippen molar-refractivity contribution in [3.63, 3.8) is 0 Å². The van der Waals surface area contributed by atoms with Gasteiger partial charge in [0.15, 0.2) is 0 Å². The second kappa shape index (κ2) is 6.78. The van der Waals surface area contributed by atoms with Crippen molar-refractivity contribution >= 4 is 22.6 Å². The van der Waals surface area contributed by atoms with Gasteiger partial charge in [-0.25, -0.2) is 0 Å². The van der Waals surface area contributed by atoms with Crippen LogP contribution in [-0.4, -0.2) is 31.9 Å². The Balaban J connectivity index is 1.37. The molecule has 150 valence electrons. The number of rotatable bonds is 7. The summed E-state index contributed by atoms with van der Waals surface area (Å²) < 4.78 is 0. The molecule has 3 heteroatoms. The summed E-state index contributed by atoms with van der Waals surface area (Å²) in [5.41, 5.74) is 0. The Kier molecular flexibility index (Phi) is 4.66. The fourth-order valence-electron chi connectivity index (χ4n) is 10.8. The van der Waals surface area contributed by atoms with Crippen molar-refractivity contribution in [3.05, 3.63) is 0 Å². The van der Waals surface area contributed by atoms with Crippen LogP contribution in [0.15, 0.2) is 0 Å². The van der Waals surface area contributed by atoms with Crippen LogP contribution >= 0.6 is 7.14 Å². The molecule has 0 aliphatic heterocycles. The maximum atomic E-state index is 8.06. The molecular formula is C25H40B2P+. The average molecular weight is 393 g/mol. The number of hydrogen-bond donors (Lipinski definition) is 0. The third-order valence-corrected chi connectivity index (χ3v) is 16.4. The molecule has 8 aliphatic rings. The van der Waals surface area contributed by atoms with Crippen molar-refractivity contribution < 1.29 is 0 Å². The zero-order chi connectivity index (χ0) is 19.0. The molecule has 0 saturated heterocycles. The summed E-state index contributed by atoms with van der Waals surface area (Å²) in [6.07, 6.45) is 24.8. The molecule has 0 heterocycles. The smallest absolute Gasteiger partial charge is 0.0887 e. The molecule has 8 saturated carbocycles. The maximum Gasteiger partial charge on any atom is 0.366 e. The van der Waals surface area contributed by atoms with Gasteiger partial charge < -0.3 is 0 Å². The van der Waals surface area contributed by atoms with Crippen LogP contribution in [0.2, 0.25) is 6.32 Å². The summed E-state index contributed by atoms with van der Waals surface area (Å²) in [7, 11) is 12.5. The molecule has 8 bridgehead atoms. The van der Waals surface area contributed by atoms with Gasteiger partial charge in [-0.3, -0.25) is 0 Å². The van der Waals surface area contributed by atoms with Gasteiger partial charge in [0, 0.05) is 6.16 Å². The molecule has 0 nitrogen and oxygen atoms in total. The molecule has 0 spiro atoms. The molecule has 0 unspecified atom stereocenters. The van der Waals surface area contributed by atoms with E-state index in [1.165, 1.54) is 25.4 Å². The number of hydrogen-bond acceptors (Lipinski definition) is 0. The normalized spacial score (nSPS) is 52.9. The fourth-order valence-corrected chi connectivity index (χ4v) is 16.9. The molecule has 0 aromatic heterocycles. The van der Waals surface area contributed by atoms with E-state index < -0.39 is 7.14 Å². The summed E-state index contributed by atoms with van der Waals surface area (Å²) in [4.78, 5) is 0. The lowest BCUT2D eigenvalue weighted by Gasteiger charge is -2.68. The molecule has 0 N–H and O–H groups in total. The lowest BCUT2D eigenvalue weighted by molar-refractivity contribution is 0.0174. The third-order valence-electron chi connectivity index (χ3n) is 10.9. The Morgan fingerprint density at radius 3 is 1.25 bits per heavy atom. The highest BCUT2D eigenvalue weighted by atomic mass is 31.2. The first-order chi connectivity index (χ1) is 13.5. The van der Waals surface area contributed by atoms with Crippen molar-refractivity contribution in [1.29, 1.82) is 0 Å². The molecule has 0 aromatic rings. The van der Waals surface area contributed by atoms with Crippen molar-refractivity contribution in [2.45, 2.75) is 113 Å². The highest BCUT2D eigenvalue weighted by Crippen LogP contribution is 2.87. The SMILES string of the molecule is [B]CCCCC[P+]([B])(C12CC3CC(CC(C3)C1)C2)C12CC3CC(CC(C3)C1)C2. The zero-order valence-corrected chi connectivity index (χ0v) is 19.0. The minimum absolute atomic E-state index is 0.607. The van der Waals surface area contributed by atoms with Crippen LogP contribution in [-0.2, 0) is 0 Å². The van der Waals surface area contributed by atoms with E-state index >= 15 is 0 Å². The number of unbranched alkanes of at least 4 members (excludes halogenated alkanes) is 2. The lowest BCUT2D eigenvalue weighted by Crippen LogP contribution is -2.60. The highest BCUT2D eigenvalue weighted by molar-refractivity contribution is 7.99. The van der Waals surface area contributed by atoms with E-state index in [1.807, 2.05) is 0 Å². The van der Waals surface area contributed by atoms with Crippen LogP contribution < -0.4 is 0 Å².